The molecule has 0 aliphatic heterocycles. The van der Waals surface area contributed by atoms with Crippen molar-refractivity contribution in [3.8, 4) is 12.3 Å². The van der Waals surface area contributed by atoms with Crippen LogP contribution < -0.4 is 27.8 Å². The maximum absolute atomic E-state index is 11.5. The minimum absolute atomic E-state index is 0.122. The van der Waals surface area contributed by atoms with Crippen molar-refractivity contribution in [2.45, 2.75) is 26.8 Å². The predicted octanol–water partition coefficient (Wildman–Crippen LogP) is 0.515. The summed E-state index contributed by atoms with van der Waals surface area (Å²) in [5, 5.41) is 6.31. The van der Waals surface area contributed by atoms with E-state index >= 15 is 0 Å². The quantitative estimate of drug-likeness (QED) is 0.137. The number of terminal acetylenes is 1. The van der Waals surface area contributed by atoms with E-state index in [0.29, 0.717) is 12.1 Å². The molecule has 1 rings (SSSR count). The fourth-order valence-corrected chi connectivity index (χ4v) is 1.95. The van der Waals surface area contributed by atoms with Crippen molar-refractivity contribution in [2.24, 2.45) is 22.2 Å². The number of benzene rings is 1. The largest absolute Gasteiger partial charge is 0.391 e. The molecule has 0 saturated carbocycles. The van der Waals surface area contributed by atoms with Crippen LogP contribution in [-0.2, 0) is 11.3 Å². The maximum atomic E-state index is 11.5. The van der Waals surface area contributed by atoms with Crippen molar-refractivity contribution >= 4 is 17.4 Å². The lowest BCUT2D eigenvalue weighted by molar-refractivity contribution is -0.112. The van der Waals surface area contributed by atoms with Crippen molar-refractivity contribution in [3.05, 3.63) is 41.6 Å². The van der Waals surface area contributed by atoms with E-state index in [1.807, 2.05) is 31.2 Å². The SMILES string of the molecule is C#CC.CCN/C=C(\C(N)=O)c1ccc(CNCCCN=C(N)N)cc1. The molecule has 0 spiro atoms. The summed E-state index contributed by atoms with van der Waals surface area (Å²) in [5.41, 5.74) is 18.3. The Bertz CT molecular complexity index is 624. The number of amides is 1. The van der Waals surface area contributed by atoms with Crippen molar-refractivity contribution in [1.29, 1.82) is 0 Å². The Morgan fingerprint density at radius 1 is 1.27 bits per heavy atom. The lowest BCUT2D eigenvalue weighted by Crippen LogP contribution is -2.23. The van der Waals surface area contributed by atoms with Crippen LogP contribution in [0.5, 0.6) is 0 Å². The summed E-state index contributed by atoms with van der Waals surface area (Å²) in [6.07, 6.45) is 7.12. The van der Waals surface area contributed by atoms with Gasteiger partial charge in [-0.15, -0.1) is 12.3 Å². The molecule has 0 atom stereocenters. The van der Waals surface area contributed by atoms with Crippen LogP contribution in [0.4, 0.5) is 0 Å². The highest BCUT2D eigenvalue weighted by Crippen LogP contribution is 2.14. The first-order valence-electron chi connectivity index (χ1n) is 8.42. The van der Waals surface area contributed by atoms with Crippen LogP contribution in [0.25, 0.3) is 5.57 Å². The Hall–Kier alpha value is -2.98. The van der Waals surface area contributed by atoms with E-state index in [2.05, 4.69) is 28.0 Å². The molecule has 0 heterocycles. The van der Waals surface area contributed by atoms with Gasteiger partial charge in [0.25, 0.3) is 5.91 Å². The number of guanidine groups is 1. The van der Waals surface area contributed by atoms with E-state index in [-0.39, 0.29) is 5.96 Å². The van der Waals surface area contributed by atoms with Crippen LogP contribution in [0, 0.1) is 12.3 Å². The van der Waals surface area contributed by atoms with Gasteiger partial charge in [0.15, 0.2) is 5.96 Å². The lowest BCUT2D eigenvalue weighted by Gasteiger charge is -2.07. The summed E-state index contributed by atoms with van der Waals surface area (Å²) < 4.78 is 0. The molecule has 1 aromatic rings. The minimum atomic E-state index is -0.448. The van der Waals surface area contributed by atoms with Crippen LogP contribution in [0.1, 0.15) is 31.4 Å². The monoisotopic (exact) mass is 358 g/mol. The Balaban J connectivity index is 0.00000194. The maximum Gasteiger partial charge on any atom is 0.250 e. The lowest BCUT2D eigenvalue weighted by atomic mass is 10.0. The molecule has 7 nitrogen and oxygen atoms in total. The summed E-state index contributed by atoms with van der Waals surface area (Å²) in [6.45, 7) is 6.53. The molecular weight excluding hydrogens is 328 g/mol. The van der Waals surface area contributed by atoms with Crippen LogP contribution in [-0.4, -0.2) is 31.5 Å². The molecule has 0 bridgehead atoms. The normalized spacial score (nSPS) is 10.1. The highest BCUT2D eigenvalue weighted by atomic mass is 16.1. The fraction of sp³-hybridized carbons (Fsp3) is 0.368. The third-order valence-electron chi connectivity index (χ3n) is 3.12. The zero-order valence-corrected chi connectivity index (χ0v) is 15.6. The van der Waals surface area contributed by atoms with E-state index in [4.69, 9.17) is 17.2 Å². The summed E-state index contributed by atoms with van der Waals surface area (Å²) >= 11 is 0. The highest BCUT2D eigenvalue weighted by molar-refractivity contribution is 6.18. The molecule has 7 heteroatoms. The average molecular weight is 358 g/mol. The second kappa shape index (κ2) is 14.4. The molecule has 142 valence electrons. The van der Waals surface area contributed by atoms with Gasteiger partial charge in [0, 0.05) is 25.8 Å². The number of rotatable bonds is 10. The van der Waals surface area contributed by atoms with Crippen LogP contribution in [0.3, 0.4) is 0 Å². The van der Waals surface area contributed by atoms with Crippen molar-refractivity contribution in [3.63, 3.8) is 0 Å². The zero-order chi connectivity index (χ0) is 19.8. The standard InChI is InChI=1S/C16H26N6O.C3H4/c1-2-20-11-14(15(17)23)13-6-4-12(5-7-13)10-21-8-3-9-22-16(18)19;1-3-2/h4-7,11,20-21H,2-3,8-10H2,1H3,(H2,17,23)(H4,18,19,22);1H,2H3/b14-11-;. The van der Waals surface area contributed by atoms with E-state index in [9.17, 15) is 4.79 Å². The summed E-state index contributed by atoms with van der Waals surface area (Å²) in [6, 6.07) is 7.73. The fourth-order valence-electron chi connectivity index (χ4n) is 1.95. The molecule has 8 N–H and O–H groups in total. The number of nitrogens with one attached hydrogen (secondary N) is 2. The Morgan fingerprint density at radius 3 is 2.38 bits per heavy atom. The molecule has 0 unspecified atom stereocenters. The molecule has 0 aliphatic carbocycles. The second-order valence-electron chi connectivity index (χ2n) is 5.30. The summed E-state index contributed by atoms with van der Waals surface area (Å²) in [7, 11) is 0. The van der Waals surface area contributed by atoms with Gasteiger partial charge in [0.1, 0.15) is 0 Å². The van der Waals surface area contributed by atoms with Gasteiger partial charge in [0.2, 0.25) is 0 Å². The molecule has 1 aromatic carbocycles. The van der Waals surface area contributed by atoms with Gasteiger partial charge in [-0.05, 0) is 37.9 Å². The molecule has 26 heavy (non-hydrogen) atoms. The van der Waals surface area contributed by atoms with Crippen LogP contribution in [0.15, 0.2) is 35.5 Å². The smallest absolute Gasteiger partial charge is 0.250 e. The van der Waals surface area contributed by atoms with Gasteiger partial charge in [-0.2, -0.15) is 0 Å². The van der Waals surface area contributed by atoms with Gasteiger partial charge < -0.3 is 27.8 Å². The molecule has 0 fully saturated rings. The van der Waals surface area contributed by atoms with Gasteiger partial charge in [-0.25, -0.2) is 0 Å². The number of carbonyl (C=O) groups excluding carboxylic acids is 1. The van der Waals surface area contributed by atoms with Gasteiger partial charge in [-0.3, -0.25) is 9.79 Å². The molecule has 0 aromatic heterocycles. The number of primary amides is 1. The number of aliphatic imine (C=N–C) groups is 1. The number of hydrogen-bond donors (Lipinski definition) is 5. The summed E-state index contributed by atoms with van der Waals surface area (Å²) in [4.78, 5) is 15.4. The molecule has 0 saturated heterocycles. The van der Waals surface area contributed by atoms with E-state index in [0.717, 1.165) is 37.2 Å². The van der Waals surface area contributed by atoms with Crippen molar-refractivity contribution in [1.82, 2.24) is 10.6 Å². The highest BCUT2D eigenvalue weighted by Gasteiger charge is 2.07. The molecular formula is C19H30N6O. The first kappa shape index (κ1) is 23.0. The number of nitrogens with zero attached hydrogens (tertiary/aromatic N) is 1. The number of carbonyl (C=O) groups is 1. The van der Waals surface area contributed by atoms with E-state index < -0.39 is 5.91 Å². The Kier molecular flexibility index (Phi) is 12.7. The topological polar surface area (TPSA) is 132 Å². The minimum Gasteiger partial charge on any atom is -0.391 e. The first-order chi connectivity index (χ1) is 12.5. The first-order valence-corrected chi connectivity index (χ1v) is 8.42. The number of nitrogens with two attached hydrogens (primary N) is 3. The Labute approximate surface area is 156 Å². The van der Waals surface area contributed by atoms with Crippen molar-refractivity contribution in [2.75, 3.05) is 19.6 Å². The van der Waals surface area contributed by atoms with Gasteiger partial charge >= 0.3 is 0 Å². The number of hydrogen-bond acceptors (Lipinski definition) is 4. The predicted molar refractivity (Wildman–Crippen MR) is 109 cm³/mol. The van der Waals surface area contributed by atoms with Gasteiger partial charge in [0.05, 0.1) is 5.57 Å². The third-order valence-corrected chi connectivity index (χ3v) is 3.12. The van der Waals surface area contributed by atoms with E-state index in [1.54, 1.807) is 13.1 Å². The van der Waals surface area contributed by atoms with Crippen LogP contribution >= 0.6 is 0 Å². The average Bonchev–Trinajstić information content (AvgIpc) is 2.59. The molecule has 1 amide bonds. The Morgan fingerprint density at radius 2 is 1.88 bits per heavy atom. The zero-order valence-electron chi connectivity index (χ0n) is 15.6. The second-order valence-corrected chi connectivity index (χ2v) is 5.30. The van der Waals surface area contributed by atoms with Crippen LogP contribution in [0.2, 0.25) is 0 Å². The van der Waals surface area contributed by atoms with Gasteiger partial charge in [-0.1, -0.05) is 24.3 Å². The van der Waals surface area contributed by atoms with E-state index in [1.165, 1.54) is 0 Å². The molecule has 0 aliphatic rings. The molecule has 0 radical (unpaired) electrons. The summed E-state index contributed by atoms with van der Waals surface area (Å²) in [5.74, 6) is 1.92. The third kappa shape index (κ3) is 10.7. The van der Waals surface area contributed by atoms with Crippen molar-refractivity contribution < 1.29 is 4.79 Å².